The number of piperazine rings is 1. The van der Waals surface area contributed by atoms with E-state index in [1.54, 1.807) is 4.90 Å². The minimum atomic E-state index is -0.661. The number of hydrogen-bond acceptors (Lipinski definition) is 3. The fourth-order valence-electron chi connectivity index (χ4n) is 3.75. The average molecular weight is 365 g/mol. The molecule has 1 unspecified atom stereocenters. The van der Waals surface area contributed by atoms with Crippen LogP contribution in [0.2, 0.25) is 0 Å². The van der Waals surface area contributed by atoms with Crippen LogP contribution >= 0.6 is 0 Å². The highest BCUT2D eigenvalue weighted by atomic mass is 19.1. The van der Waals surface area contributed by atoms with Crippen molar-refractivity contribution in [2.75, 3.05) is 13.1 Å². The van der Waals surface area contributed by atoms with Crippen molar-refractivity contribution in [1.29, 1.82) is 0 Å². The Kier molecular flexibility index (Phi) is 6.19. The van der Waals surface area contributed by atoms with E-state index in [1.165, 1.54) is 18.6 Å². The van der Waals surface area contributed by atoms with Crippen molar-refractivity contribution in [2.45, 2.75) is 57.2 Å². The monoisotopic (exact) mass is 365 g/mol. The zero-order valence-electron chi connectivity index (χ0n) is 14.8. The number of halogens is 2. The summed E-state index contributed by atoms with van der Waals surface area (Å²) in [5.41, 5.74) is 0.406. The van der Waals surface area contributed by atoms with E-state index < -0.39 is 17.7 Å². The summed E-state index contributed by atoms with van der Waals surface area (Å²) in [6, 6.07) is 2.88. The number of amides is 2. The third-order valence-electron chi connectivity index (χ3n) is 5.04. The normalized spacial score (nSPS) is 21.7. The van der Waals surface area contributed by atoms with Gasteiger partial charge in [-0.1, -0.05) is 19.3 Å². The average Bonchev–Trinajstić information content (AvgIpc) is 2.58. The van der Waals surface area contributed by atoms with Gasteiger partial charge in [-0.25, -0.2) is 8.78 Å². The lowest BCUT2D eigenvalue weighted by Gasteiger charge is -2.33. The van der Waals surface area contributed by atoms with E-state index in [2.05, 4.69) is 10.6 Å². The van der Waals surface area contributed by atoms with E-state index >= 15 is 0 Å². The lowest BCUT2D eigenvalue weighted by atomic mass is 9.95. The van der Waals surface area contributed by atoms with Gasteiger partial charge >= 0.3 is 0 Å². The number of carbonyl (C=O) groups excluding carboxylic acids is 2. The standard InChI is InChI=1S/C19H25F2N3O2/c20-14-8-13(9-15(21)10-14)12-24-7-6-22-17(19(24)26)11-18(25)23-16-4-2-1-3-5-16/h8-10,16-17,22H,1-7,11-12H2,(H,23,25). The number of benzene rings is 1. The highest BCUT2D eigenvalue weighted by Gasteiger charge is 2.30. The van der Waals surface area contributed by atoms with Crippen LogP contribution in [0, 0.1) is 11.6 Å². The van der Waals surface area contributed by atoms with Crippen LogP contribution < -0.4 is 10.6 Å². The first kappa shape index (κ1) is 18.8. The molecule has 1 aromatic carbocycles. The van der Waals surface area contributed by atoms with E-state index in [9.17, 15) is 18.4 Å². The Morgan fingerprint density at radius 1 is 1.15 bits per heavy atom. The van der Waals surface area contributed by atoms with Crippen molar-refractivity contribution in [3.63, 3.8) is 0 Å². The molecule has 7 heteroatoms. The molecule has 1 heterocycles. The third-order valence-corrected chi connectivity index (χ3v) is 5.04. The van der Waals surface area contributed by atoms with Crippen LogP contribution in [0.15, 0.2) is 18.2 Å². The molecule has 1 aromatic rings. The first-order valence-electron chi connectivity index (χ1n) is 9.28. The van der Waals surface area contributed by atoms with Gasteiger partial charge in [0, 0.05) is 31.7 Å². The minimum Gasteiger partial charge on any atom is -0.353 e. The second-order valence-electron chi connectivity index (χ2n) is 7.15. The summed E-state index contributed by atoms with van der Waals surface area (Å²) in [7, 11) is 0. The van der Waals surface area contributed by atoms with Gasteiger partial charge in [-0.2, -0.15) is 0 Å². The molecule has 1 aliphatic carbocycles. The first-order valence-corrected chi connectivity index (χ1v) is 9.28. The van der Waals surface area contributed by atoms with Crippen LogP contribution in [-0.4, -0.2) is 41.9 Å². The summed E-state index contributed by atoms with van der Waals surface area (Å²) < 4.78 is 26.7. The van der Waals surface area contributed by atoms with Crippen molar-refractivity contribution >= 4 is 11.8 Å². The van der Waals surface area contributed by atoms with Gasteiger partial charge in [0.25, 0.3) is 0 Å². The predicted molar refractivity (Wildman–Crippen MR) is 93.2 cm³/mol. The molecular weight excluding hydrogens is 340 g/mol. The molecule has 2 amide bonds. The molecule has 1 saturated heterocycles. The molecule has 2 fully saturated rings. The van der Waals surface area contributed by atoms with Crippen LogP contribution in [0.5, 0.6) is 0 Å². The summed E-state index contributed by atoms with van der Waals surface area (Å²) in [5, 5.41) is 6.09. The van der Waals surface area contributed by atoms with Gasteiger partial charge in [-0.3, -0.25) is 9.59 Å². The minimum absolute atomic E-state index is 0.0867. The zero-order valence-corrected chi connectivity index (χ0v) is 14.8. The Morgan fingerprint density at radius 3 is 2.54 bits per heavy atom. The van der Waals surface area contributed by atoms with Crippen molar-refractivity contribution in [2.24, 2.45) is 0 Å². The highest BCUT2D eigenvalue weighted by Crippen LogP contribution is 2.18. The van der Waals surface area contributed by atoms with Crippen LogP contribution in [0.25, 0.3) is 0 Å². The lowest BCUT2D eigenvalue weighted by Crippen LogP contribution is -2.56. The van der Waals surface area contributed by atoms with Gasteiger partial charge in [0.2, 0.25) is 11.8 Å². The largest absolute Gasteiger partial charge is 0.353 e. The molecule has 5 nitrogen and oxygen atoms in total. The molecule has 1 aliphatic heterocycles. The Labute approximate surface area is 152 Å². The van der Waals surface area contributed by atoms with Crippen LogP contribution in [-0.2, 0) is 16.1 Å². The van der Waals surface area contributed by atoms with Crippen molar-refractivity contribution in [3.8, 4) is 0 Å². The maximum absolute atomic E-state index is 13.3. The second kappa shape index (κ2) is 8.58. The third kappa shape index (κ3) is 5.00. The lowest BCUT2D eigenvalue weighted by molar-refractivity contribution is -0.139. The number of rotatable bonds is 5. The van der Waals surface area contributed by atoms with Crippen molar-refractivity contribution in [3.05, 3.63) is 35.4 Å². The Hall–Kier alpha value is -2.02. The molecule has 1 atom stereocenters. The highest BCUT2D eigenvalue weighted by molar-refractivity contribution is 5.89. The van der Waals surface area contributed by atoms with Gasteiger partial charge in [0.1, 0.15) is 11.6 Å². The summed E-state index contributed by atoms with van der Waals surface area (Å²) in [6.07, 6.45) is 5.55. The molecule has 0 bridgehead atoms. The van der Waals surface area contributed by atoms with Crippen LogP contribution in [0.3, 0.4) is 0 Å². The van der Waals surface area contributed by atoms with Gasteiger partial charge in [-0.05, 0) is 30.5 Å². The van der Waals surface area contributed by atoms with Gasteiger partial charge in [0.05, 0.1) is 12.5 Å². The van der Waals surface area contributed by atoms with Crippen LogP contribution in [0.1, 0.15) is 44.1 Å². The summed E-state index contributed by atoms with van der Waals surface area (Å²) in [4.78, 5) is 26.4. The molecule has 0 spiro atoms. The van der Waals surface area contributed by atoms with Crippen LogP contribution in [0.4, 0.5) is 8.78 Å². The number of nitrogens with zero attached hydrogens (tertiary/aromatic N) is 1. The van der Waals surface area contributed by atoms with Gasteiger partial charge in [-0.15, -0.1) is 0 Å². The maximum Gasteiger partial charge on any atom is 0.240 e. The summed E-state index contributed by atoms with van der Waals surface area (Å²) in [5.74, 6) is -1.65. The fraction of sp³-hybridized carbons (Fsp3) is 0.579. The van der Waals surface area contributed by atoms with E-state index in [1.807, 2.05) is 0 Å². The van der Waals surface area contributed by atoms with E-state index in [-0.39, 0.29) is 30.8 Å². The quantitative estimate of drug-likeness (QED) is 0.840. The second-order valence-corrected chi connectivity index (χ2v) is 7.15. The van der Waals surface area contributed by atoms with Gasteiger partial charge in [0.15, 0.2) is 0 Å². The zero-order chi connectivity index (χ0) is 18.5. The molecule has 0 radical (unpaired) electrons. The number of carbonyl (C=O) groups is 2. The van der Waals surface area contributed by atoms with Gasteiger partial charge < -0.3 is 15.5 Å². The smallest absolute Gasteiger partial charge is 0.240 e. The van der Waals surface area contributed by atoms with E-state index in [0.29, 0.717) is 18.7 Å². The Bertz CT molecular complexity index is 642. The molecule has 2 aliphatic rings. The molecular formula is C19H25F2N3O2. The van der Waals surface area contributed by atoms with Crippen molar-refractivity contribution < 1.29 is 18.4 Å². The Balaban J connectivity index is 1.55. The molecule has 3 rings (SSSR count). The summed E-state index contributed by atoms with van der Waals surface area (Å²) >= 11 is 0. The molecule has 1 saturated carbocycles. The number of nitrogens with one attached hydrogen (secondary N) is 2. The first-order chi connectivity index (χ1) is 12.5. The molecule has 2 N–H and O–H groups in total. The van der Waals surface area contributed by atoms with E-state index in [0.717, 1.165) is 31.7 Å². The molecule has 0 aromatic heterocycles. The van der Waals surface area contributed by atoms with E-state index in [4.69, 9.17) is 0 Å². The molecule has 142 valence electrons. The SMILES string of the molecule is O=C(CC1NCCN(Cc2cc(F)cc(F)c2)C1=O)NC1CCCCC1. The number of hydrogen-bond donors (Lipinski definition) is 2. The predicted octanol–water partition coefficient (Wildman–Crippen LogP) is 2.10. The fourth-order valence-corrected chi connectivity index (χ4v) is 3.75. The summed E-state index contributed by atoms with van der Waals surface area (Å²) in [6.45, 7) is 1.12. The molecule has 26 heavy (non-hydrogen) atoms. The van der Waals surface area contributed by atoms with Crippen molar-refractivity contribution in [1.82, 2.24) is 15.5 Å². The topological polar surface area (TPSA) is 61.4 Å². The Morgan fingerprint density at radius 2 is 1.85 bits per heavy atom. The maximum atomic E-state index is 13.3.